The minimum Gasteiger partial charge on any atom is -0.472 e. The SMILES string of the molecule is CN(C=O)COC(=O)c1ccoc1. The summed E-state index contributed by atoms with van der Waals surface area (Å²) in [6.45, 7) is -0.0620. The van der Waals surface area contributed by atoms with Crippen molar-refractivity contribution in [1.82, 2.24) is 4.90 Å². The van der Waals surface area contributed by atoms with Crippen LogP contribution in [-0.4, -0.2) is 31.1 Å². The molecule has 1 aromatic rings. The third kappa shape index (κ3) is 2.62. The summed E-state index contributed by atoms with van der Waals surface area (Å²) in [6.07, 6.45) is 3.23. The van der Waals surface area contributed by atoms with Crippen molar-refractivity contribution in [2.75, 3.05) is 13.8 Å². The fourth-order valence-electron chi connectivity index (χ4n) is 0.655. The third-order valence-electron chi connectivity index (χ3n) is 1.34. The number of carbonyl (C=O) groups is 2. The highest BCUT2D eigenvalue weighted by atomic mass is 16.5. The first-order valence-electron chi connectivity index (χ1n) is 3.59. The predicted molar refractivity (Wildman–Crippen MR) is 42.8 cm³/mol. The van der Waals surface area contributed by atoms with Crippen LogP contribution < -0.4 is 0 Å². The van der Waals surface area contributed by atoms with E-state index in [0.29, 0.717) is 12.0 Å². The monoisotopic (exact) mass is 183 g/mol. The lowest BCUT2D eigenvalue weighted by molar-refractivity contribution is -0.120. The molecule has 5 heteroatoms. The van der Waals surface area contributed by atoms with Crippen molar-refractivity contribution < 1.29 is 18.7 Å². The zero-order valence-corrected chi connectivity index (χ0v) is 7.10. The topological polar surface area (TPSA) is 59.8 Å². The average molecular weight is 183 g/mol. The van der Waals surface area contributed by atoms with Gasteiger partial charge in [-0.05, 0) is 6.07 Å². The van der Waals surface area contributed by atoms with Gasteiger partial charge in [0.15, 0.2) is 6.73 Å². The molecule has 0 saturated heterocycles. The van der Waals surface area contributed by atoms with Crippen molar-refractivity contribution in [3.63, 3.8) is 0 Å². The smallest absolute Gasteiger partial charge is 0.343 e. The van der Waals surface area contributed by atoms with Crippen molar-refractivity contribution in [2.45, 2.75) is 0 Å². The summed E-state index contributed by atoms with van der Waals surface area (Å²) in [5.41, 5.74) is 0.333. The average Bonchev–Trinajstić information content (AvgIpc) is 2.66. The Labute approximate surface area is 74.9 Å². The first-order valence-corrected chi connectivity index (χ1v) is 3.59. The molecule has 0 aliphatic rings. The summed E-state index contributed by atoms with van der Waals surface area (Å²) in [5, 5.41) is 0. The molecule has 0 aliphatic carbocycles. The molecule has 0 atom stereocenters. The molecule has 1 amide bonds. The van der Waals surface area contributed by atoms with Gasteiger partial charge in [0.05, 0.1) is 11.8 Å². The lowest BCUT2D eigenvalue weighted by Crippen LogP contribution is -2.22. The van der Waals surface area contributed by atoms with E-state index in [-0.39, 0.29) is 6.73 Å². The first kappa shape index (κ1) is 9.31. The second-order valence-corrected chi connectivity index (χ2v) is 2.44. The van der Waals surface area contributed by atoms with E-state index in [1.54, 1.807) is 0 Å². The molecule has 5 nitrogen and oxygen atoms in total. The minimum absolute atomic E-state index is 0.0620. The molecule has 0 aromatic carbocycles. The molecule has 70 valence electrons. The molecule has 0 fully saturated rings. The van der Waals surface area contributed by atoms with E-state index in [1.807, 2.05) is 0 Å². The number of hydrogen-bond donors (Lipinski definition) is 0. The van der Waals surface area contributed by atoms with Crippen LogP contribution in [0.3, 0.4) is 0 Å². The molecule has 0 N–H and O–H groups in total. The Morgan fingerprint density at radius 3 is 3.08 bits per heavy atom. The maximum absolute atomic E-state index is 11.1. The van der Waals surface area contributed by atoms with Crippen LogP contribution in [0.2, 0.25) is 0 Å². The highest BCUT2D eigenvalue weighted by molar-refractivity contribution is 5.88. The van der Waals surface area contributed by atoms with E-state index < -0.39 is 5.97 Å². The number of hydrogen-bond acceptors (Lipinski definition) is 4. The number of ether oxygens (including phenoxy) is 1. The number of carbonyl (C=O) groups excluding carboxylic acids is 2. The van der Waals surface area contributed by atoms with Gasteiger partial charge >= 0.3 is 5.97 Å². The Bertz CT molecular complexity index is 280. The zero-order chi connectivity index (χ0) is 9.68. The van der Waals surface area contributed by atoms with Crippen molar-refractivity contribution >= 4 is 12.4 Å². The van der Waals surface area contributed by atoms with Gasteiger partial charge in [0.2, 0.25) is 6.41 Å². The highest BCUT2D eigenvalue weighted by Gasteiger charge is 2.08. The summed E-state index contributed by atoms with van der Waals surface area (Å²) >= 11 is 0. The summed E-state index contributed by atoms with van der Waals surface area (Å²) in [7, 11) is 1.51. The van der Waals surface area contributed by atoms with Crippen LogP contribution >= 0.6 is 0 Å². The van der Waals surface area contributed by atoms with E-state index in [9.17, 15) is 9.59 Å². The molecule has 0 bridgehead atoms. The lowest BCUT2D eigenvalue weighted by atomic mass is 10.3. The maximum Gasteiger partial charge on any atom is 0.343 e. The van der Waals surface area contributed by atoms with Crippen LogP contribution in [0, 0.1) is 0 Å². The van der Waals surface area contributed by atoms with Crippen molar-refractivity contribution in [3.05, 3.63) is 24.2 Å². The molecule has 0 aliphatic heterocycles. The molecular weight excluding hydrogens is 174 g/mol. The van der Waals surface area contributed by atoms with Gasteiger partial charge in [-0.1, -0.05) is 0 Å². The Morgan fingerprint density at radius 2 is 2.54 bits per heavy atom. The number of rotatable bonds is 4. The largest absolute Gasteiger partial charge is 0.472 e. The molecule has 0 saturated carbocycles. The number of furan rings is 1. The third-order valence-corrected chi connectivity index (χ3v) is 1.34. The maximum atomic E-state index is 11.1. The normalized spacial score (nSPS) is 9.31. The van der Waals surface area contributed by atoms with Gasteiger partial charge in [-0.15, -0.1) is 0 Å². The number of nitrogens with zero attached hydrogens (tertiary/aromatic N) is 1. The zero-order valence-electron chi connectivity index (χ0n) is 7.10. The summed E-state index contributed by atoms with van der Waals surface area (Å²) < 4.78 is 9.42. The van der Waals surface area contributed by atoms with Crippen LogP contribution in [0.25, 0.3) is 0 Å². The molecule has 13 heavy (non-hydrogen) atoms. The number of esters is 1. The van der Waals surface area contributed by atoms with Crippen LogP contribution in [0.15, 0.2) is 23.0 Å². The van der Waals surface area contributed by atoms with Gasteiger partial charge in [-0.25, -0.2) is 4.79 Å². The van der Waals surface area contributed by atoms with E-state index in [0.717, 1.165) is 0 Å². The van der Waals surface area contributed by atoms with Crippen LogP contribution in [-0.2, 0) is 9.53 Å². The predicted octanol–water partition coefficient (Wildman–Crippen LogP) is 0.482. The van der Waals surface area contributed by atoms with E-state index in [2.05, 4.69) is 4.42 Å². The molecule has 0 unspecified atom stereocenters. The molecule has 1 aromatic heterocycles. The van der Waals surface area contributed by atoms with Crippen LogP contribution in [0.1, 0.15) is 10.4 Å². The molecule has 0 spiro atoms. The Balaban J connectivity index is 2.39. The lowest BCUT2D eigenvalue weighted by Gasteiger charge is -2.09. The van der Waals surface area contributed by atoms with Gasteiger partial charge < -0.3 is 14.1 Å². The number of amides is 1. The second-order valence-electron chi connectivity index (χ2n) is 2.44. The van der Waals surface area contributed by atoms with Crippen molar-refractivity contribution in [1.29, 1.82) is 0 Å². The van der Waals surface area contributed by atoms with Gasteiger partial charge in [-0.2, -0.15) is 0 Å². The minimum atomic E-state index is -0.512. The van der Waals surface area contributed by atoms with Crippen molar-refractivity contribution in [3.8, 4) is 0 Å². The van der Waals surface area contributed by atoms with Gasteiger partial charge in [0, 0.05) is 7.05 Å². The quantitative estimate of drug-likeness (QED) is 0.387. The van der Waals surface area contributed by atoms with Crippen molar-refractivity contribution in [2.24, 2.45) is 0 Å². The standard InChI is InChI=1S/C8H9NO4/c1-9(5-10)6-13-8(11)7-2-3-12-4-7/h2-5H,6H2,1H3. The second kappa shape index (κ2) is 4.30. The summed E-state index contributed by atoms with van der Waals surface area (Å²) in [5.74, 6) is -0.512. The van der Waals surface area contributed by atoms with E-state index >= 15 is 0 Å². The Hall–Kier alpha value is -1.78. The molecule has 1 rings (SSSR count). The highest BCUT2D eigenvalue weighted by Crippen LogP contribution is 2.01. The Kier molecular flexibility index (Phi) is 3.08. The van der Waals surface area contributed by atoms with Gasteiger partial charge in [0.25, 0.3) is 0 Å². The summed E-state index contributed by atoms with van der Waals surface area (Å²) in [4.78, 5) is 22.4. The van der Waals surface area contributed by atoms with E-state index in [1.165, 1.54) is 30.5 Å². The van der Waals surface area contributed by atoms with Crippen LogP contribution in [0.4, 0.5) is 0 Å². The first-order chi connectivity index (χ1) is 6.24. The fourth-order valence-corrected chi connectivity index (χ4v) is 0.655. The Morgan fingerprint density at radius 1 is 1.77 bits per heavy atom. The van der Waals surface area contributed by atoms with Gasteiger partial charge in [0.1, 0.15) is 6.26 Å². The molecule has 1 heterocycles. The molecular formula is C8H9NO4. The fraction of sp³-hybridized carbons (Fsp3) is 0.250. The summed E-state index contributed by atoms with van der Waals surface area (Å²) in [6, 6.07) is 1.49. The van der Waals surface area contributed by atoms with E-state index in [4.69, 9.17) is 4.74 Å². The van der Waals surface area contributed by atoms with Gasteiger partial charge in [-0.3, -0.25) is 4.79 Å². The van der Waals surface area contributed by atoms with Crippen LogP contribution in [0.5, 0.6) is 0 Å². The molecule has 0 radical (unpaired) electrons.